The second kappa shape index (κ2) is 69.0. The number of fused-ring (bicyclic) bond motifs is 2. The second-order valence-corrected chi connectivity index (χ2v) is 33.7. The molecule has 5 heterocycles. The van der Waals surface area contributed by atoms with Crippen molar-refractivity contribution in [2.75, 3.05) is 274 Å². The molecule has 7 aromatic rings. The van der Waals surface area contributed by atoms with Gasteiger partial charge in [-0.1, -0.05) is 60.4 Å². The lowest BCUT2D eigenvalue weighted by atomic mass is 10.0. The molecule has 8 rings (SSSR count). The van der Waals surface area contributed by atoms with Crippen molar-refractivity contribution in [3.05, 3.63) is 129 Å². The molecular formula is C93H136FN19O26S2. The fraction of sp³-hybridized carbons (Fsp3) is 0.591. The summed E-state index contributed by atoms with van der Waals surface area (Å²) in [5.74, 6) is 3.41. The number of thiazole rings is 2. The van der Waals surface area contributed by atoms with Gasteiger partial charge in [0, 0.05) is 80.9 Å². The van der Waals surface area contributed by atoms with Crippen molar-refractivity contribution in [1.82, 2.24) is 60.9 Å². The van der Waals surface area contributed by atoms with Crippen LogP contribution in [0.2, 0.25) is 0 Å². The number of halogens is 1. The van der Waals surface area contributed by atoms with Crippen LogP contribution in [-0.2, 0) is 134 Å². The molecule has 0 saturated carbocycles. The Morgan fingerprint density at radius 2 is 1.24 bits per heavy atom. The number of nitrogens with zero attached hydrogens (tertiary/aromatic N) is 11. The zero-order valence-electron chi connectivity index (χ0n) is 81.1. The summed E-state index contributed by atoms with van der Waals surface area (Å²) in [5, 5.41) is 47.2. The number of nitrogens with two attached hydrogens (primary N) is 2. The molecule has 3 aromatic carbocycles. The number of carbonyl (C=O) groups is 6. The Labute approximate surface area is 827 Å². The molecule has 1 aliphatic rings. The zero-order chi connectivity index (χ0) is 101. The summed E-state index contributed by atoms with van der Waals surface area (Å²) in [6.07, 6.45) is 3.61. The Kier molecular flexibility index (Phi) is 56.4. The second-order valence-electron chi connectivity index (χ2n) is 31.6. The lowest BCUT2D eigenvalue weighted by Crippen LogP contribution is -2.51. The number of aromatic carboxylic acids is 1. The van der Waals surface area contributed by atoms with Crippen LogP contribution in [0.25, 0.3) is 10.2 Å². The Hall–Kier alpha value is -11.0. The molecule has 778 valence electrons. The monoisotopic (exact) mass is 2020 g/mol. The normalized spacial score (nSPS) is 12.4. The summed E-state index contributed by atoms with van der Waals surface area (Å²) in [6, 6.07) is 13.7. The van der Waals surface area contributed by atoms with E-state index in [1.807, 2.05) is 36.1 Å². The fourth-order valence-corrected chi connectivity index (χ4v) is 15.0. The van der Waals surface area contributed by atoms with E-state index in [9.17, 15) is 33.9 Å². The molecule has 48 heteroatoms. The Morgan fingerprint density at radius 3 is 1.81 bits per heavy atom. The molecule has 6 amide bonds. The summed E-state index contributed by atoms with van der Waals surface area (Å²) in [7, 11) is 4.68. The topological polar surface area (TPSA) is 538 Å². The number of benzene rings is 3. The molecule has 4 aromatic heterocycles. The highest BCUT2D eigenvalue weighted by atomic mass is 32.1. The number of anilines is 5. The van der Waals surface area contributed by atoms with E-state index in [1.165, 1.54) is 74.7 Å². The number of rotatable bonds is 77. The maximum Gasteiger partial charge on any atom is 0.410 e. The van der Waals surface area contributed by atoms with Crippen LogP contribution in [0.1, 0.15) is 88.4 Å². The number of aromatic nitrogens is 7. The van der Waals surface area contributed by atoms with Gasteiger partial charge in [-0.25, -0.2) is 43.7 Å². The molecule has 45 nitrogen and oxygen atoms in total. The van der Waals surface area contributed by atoms with Crippen molar-refractivity contribution in [3.63, 3.8) is 0 Å². The maximum atomic E-state index is 15.8. The molecule has 0 bridgehead atoms. The number of nitrogens with one attached hydrogen (secondary N) is 6. The van der Waals surface area contributed by atoms with Crippen molar-refractivity contribution in [2.45, 2.75) is 97.7 Å². The number of hydrogen-bond donors (Lipinski definition) is 9. The van der Waals surface area contributed by atoms with Gasteiger partial charge in [0.25, 0.3) is 0 Å². The molecule has 0 aliphatic carbocycles. The lowest BCUT2D eigenvalue weighted by molar-refractivity contribution is -0.128. The molecule has 0 radical (unpaired) electrons. The van der Waals surface area contributed by atoms with Gasteiger partial charge in [0.15, 0.2) is 39.2 Å². The van der Waals surface area contributed by atoms with Crippen LogP contribution >= 0.6 is 22.7 Å². The third kappa shape index (κ3) is 45.4. The summed E-state index contributed by atoms with van der Waals surface area (Å²) in [6.45, 7) is 17.0. The van der Waals surface area contributed by atoms with Crippen molar-refractivity contribution < 1.29 is 128 Å². The minimum absolute atomic E-state index is 0.0360. The first-order chi connectivity index (χ1) is 68.7. The van der Waals surface area contributed by atoms with E-state index in [-0.39, 0.29) is 145 Å². The molecule has 0 fully saturated rings. The predicted molar refractivity (Wildman–Crippen MR) is 518 cm³/mol. The standard InChI is InChI=1S/C93H136FN19O26S2/c1-67(2)82(95)87(115)101-78(16-9-23-99-89(96)118)86(114)100-72-21-20-70(65-138-92(119)110(4)25-10-13-69-19-22-79(76(94)59-69)137-28-12-18-81-83(88(116)117)103-91(141-81)113-26-11-14-75-68(3)84(107-108-85(75)113)104-90-102-77-15-7-8-17-80(77)140-90)71(60-72)62-111(63-73(105-97)61-98-24-29-123-35-37-127-43-45-131-51-53-135-57-55-133-49-47-129-41-39-125-33-31-121-5)93(120)139-66-74-64-112(109-106-74)27-30-124-36-38-128-44-46-132-52-54-136-58-56-134-50-48-130-42-40-126-34-32-122-6/h7-8,15,17,19-22,59-61,64,67,78,82,97-98H,9,11-12,14,16,18,23-58,62-63,65-66,95H2,1-6H3,(H,100,114)(H,101,115)(H,116,117)(H3,96,99,118)(H,102,104,107)/b73-61-,105-97?. The SMILES string of the molecule is COCCOCCOCCOCCOCCOCCOCCOCCN/C=C(/CN(Cc1cc(NC(=O)C(CCCNC(N)=O)NC(=O)C(N)C(C)C)ccc1COC(=O)N(C)CC#Cc1ccc(OCCCc2sc(N3CCCc4c3nnc(Nc3nc5ccccc5s3)c4C)nc2C(=O)O)c(F)c1)C(=O)OCc1cn(CCOCCOCCOCCOCCOCCOCCOCCOC)nn1)N=N. The van der Waals surface area contributed by atoms with E-state index < -0.39 is 60.5 Å². The third-order valence-electron chi connectivity index (χ3n) is 20.6. The summed E-state index contributed by atoms with van der Waals surface area (Å²) in [4.78, 5) is 94.7. The Morgan fingerprint density at radius 1 is 0.660 bits per heavy atom. The maximum absolute atomic E-state index is 15.8. The summed E-state index contributed by atoms with van der Waals surface area (Å²) < 4.78 is 124. The van der Waals surface area contributed by atoms with Crippen LogP contribution in [0.3, 0.4) is 0 Å². The zero-order valence-corrected chi connectivity index (χ0v) is 82.7. The molecule has 2 atom stereocenters. The predicted octanol–water partition coefficient (Wildman–Crippen LogP) is 7.72. The quantitative estimate of drug-likeness (QED) is 0.01000. The number of para-hydroxylation sites is 1. The number of primary amides is 1. The average Bonchev–Trinajstić information content (AvgIpc) is 1.70. The van der Waals surface area contributed by atoms with Gasteiger partial charge in [0.2, 0.25) is 11.8 Å². The first kappa shape index (κ1) is 115. The number of urea groups is 1. The van der Waals surface area contributed by atoms with E-state index >= 15 is 4.39 Å². The van der Waals surface area contributed by atoms with Crippen LogP contribution in [-0.4, -0.2) is 357 Å². The molecule has 11 N–H and O–H groups in total. The summed E-state index contributed by atoms with van der Waals surface area (Å²) >= 11 is 2.76. The highest BCUT2D eigenvalue weighted by Gasteiger charge is 2.31. The molecule has 2 unspecified atom stereocenters. The highest BCUT2D eigenvalue weighted by Crippen LogP contribution is 2.40. The van der Waals surface area contributed by atoms with Gasteiger partial charge >= 0.3 is 24.2 Å². The van der Waals surface area contributed by atoms with Crippen LogP contribution in [0.15, 0.2) is 83.9 Å². The van der Waals surface area contributed by atoms with E-state index in [4.69, 9.17) is 107 Å². The number of carboxylic acids is 1. The average molecular weight is 2020 g/mol. The van der Waals surface area contributed by atoms with Crippen molar-refractivity contribution in [1.29, 1.82) is 5.53 Å². The number of methoxy groups -OCH3 is 2. The minimum Gasteiger partial charge on any atom is -0.491 e. The number of ether oxygens (including phenoxy) is 19. The van der Waals surface area contributed by atoms with Gasteiger partial charge in [0.1, 0.15) is 24.9 Å². The smallest absolute Gasteiger partial charge is 0.410 e. The van der Waals surface area contributed by atoms with Gasteiger partial charge < -0.3 is 143 Å². The largest absolute Gasteiger partial charge is 0.491 e. The molecule has 141 heavy (non-hydrogen) atoms. The number of amides is 6. The van der Waals surface area contributed by atoms with Gasteiger partial charge in [-0.15, -0.1) is 26.6 Å². The van der Waals surface area contributed by atoms with E-state index in [1.54, 1.807) is 46.4 Å². The van der Waals surface area contributed by atoms with Crippen LogP contribution < -0.4 is 47.7 Å². The number of carboxylic acid groups (broad SMARTS) is 1. The minimum atomic E-state index is -1.19. The van der Waals surface area contributed by atoms with Gasteiger partial charge in [-0.2, -0.15) is 5.11 Å². The van der Waals surface area contributed by atoms with Gasteiger partial charge in [-0.05, 0) is 105 Å². The van der Waals surface area contributed by atoms with Gasteiger partial charge in [0.05, 0.1) is 253 Å². The van der Waals surface area contributed by atoms with Crippen molar-refractivity contribution in [3.8, 4) is 17.6 Å². The van der Waals surface area contributed by atoms with Crippen LogP contribution in [0.5, 0.6) is 5.75 Å². The first-order valence-electron chi connectivity index (χ1n) is 46.7. The van der Waals surface area contributed by atoms with E-state index in [2.05, 4.69) is 74.0 Å². The van der Waals surface area contributed by atoms with Crippen molar-refractivity contribution in [2.24, 2.45) is 22.5 Å². The molecule has 0 spiro atoms. The molecule has 0 saturated heterocycles. The van der Waals surface area contributed by atoms with Crippen molar-refractivity contribution >= 4 is 96.5 Å². The van der Waals surface area contributed by atoms with E-state index in [0.29, 0.717) is 216 Å². The lowest BCUT2D eigenvalue weighted by Gasteiger charge is -2.28. The Balaban J connectivity index is 0.864. The van der Waals surface area contributed by atoms with E-state index in [0.717, 1.165) is 34.2 Å². The molecule has 1 aliphatic heterocycles. The van der Waals surface area contributed by atoms with Gasteiger partial charge in [-0.3, -0.25) is 14.5 Å². The van der Waals surface area contributed by atoms with Crippen LogP contribution in [0, 0.1) is 36.0 Å². The third-order valence-corrected chi connectivity index (χ3v) is 22.7. The number of hydrogen-bond acceptors (Lipinski definition) is 39. The number of carbonyl (C=O) groups excluding carboxylic acids is 5. The fourth-order valence-electron chi connectivity index (χ4n) is 13.0. The Bertz CT molecular complexity index is 4900. The highest BCUT2D eigenvalue weighted by molar-refractivity contribution is 7.22. The first-order valence-corrected chi connectivity index (χ1v) is 48.3. The summed E-state index contributed by atoms with van der Waals surface area (Å²) in [5.41, 5.74) is 23.9. The van der Waals surface area contributed by atoms with Crippen LogP contribution in [0.4, 0.5) is 46.4 Å². The molecular weight excluding hydrogens is 1880 g/mol. The number of aryl methyl sites for hydroxylation is 1.